The molecule has 0 aliphatic heterocycles. The van der Waals surface area contributed by atoms with Crippen LogP contribution in [-0.4, -0.2) is 23.4 Å². The molecule has 5 heteroatoms. The average Bonchev–Trinajstić information content (AvgIpc) is 2.72. The summed E-state index contributed by atoms with van der Waals surface area (Å²) in [5.74, 6) is 0.0236. The molecule has 0 aromatic heterocycles. The summed E-state index contributed by atoms with van der Waals surface area (Å²) in [4.78, 5) is 11.7. The van der Waals surface area contributed by atoms with Gasteiger partial charge in [0.1, 0.15) is 11.6 Å². The number of thioether (sulfide) groups is 1. The van der Waals surface area contributed by atoms with E-state index >= 15 is 0 Å². The molecule has 3 nitrogen and oxygen atoms in total. The summed E-state index contributed by atoms with van der Waals surface area (Å²) >= 11 is 1.68. The second-order valence-corrected chi connectivity index (χ2v) is 7.47. The van der Waals surface area contributed by atoms with Gasteiger partial charge in [0.2, 0.25) is 0 Å². The van der Waals surface area contributed by atoms with Gasteiger partial charge in [-0.2, -0.15) is 0 Å². The second-order valence-electron chi connectivity index (χ2n) is 6.41. The molecule has 0 saturated carbocycles. The fourth-order valence-electron chi connectivity index (χ4n) is 2.88. The molecule has 3 aromatic rings. The van der Waals surface area contributed by atoms with Crippen molar-refractivity contribution in [1.29, 1.82) is 0 Å². The van der Waals surface area contributed by atoms with E-state index in [-0.39, 0.29) is 12.4 Å². The zero-order valence-corrected chi connectivity index (χ0v) is 16.8. The number of hydrogen-bond acceptors (Lipinski definition) is 3. The van der Waals surface area contributed by atoms with Gasteiger partial charge in [-0.05, 0) is 59.5 Å². The molecule has 3 aromatic carbocycles. The third-order valence-corrected chi connectivity index (χ3v) is 5.38. The maximum Gasteiger partial charge on any atom is 0.341 e. The molecule has 0 aliphatic carbocycles. The fraction of sp³-hybridized carbons (Fsp3) is 0.125. The van der Waals surface area contributed by atoms with Crippen LogP contribution >= 0.6 is 11.8 Å². The number of ether oxygens (including phenoxy) is 1. The Kier molecular flexibility index (Phi) is 7.09. The van der Waals surface area contributed by atoms with Crippen molar-refractivity contribution in [1.82, 2.24) is 0 Å². The number of hydrogen-bond donors (Lipinski definition) is 1. The number of carboxylic acids is 1. The molecular formula is C24H21FO3S. The second kappa shape index (κ2) is 9.94. The van der Waals surface area contributed by atoms with Gasteiger partial charge in [0.05, 0.1) is 0 Å². The molecular weight excluding hydrogens is 387 g/mol. The molecule has 0 radical (unpaired) electrons. The number of aliphatic carboxylic acids is 1. The smallest absolute Gasteiger partial charge is 0.341 e. The van der Waals surface area contributed by atoms with Crippen LogP contribution < -0.4 is 4.74 Å². The summed E-state index contributed by atoms with van der Waals surface area (Å²) in [6.45, 7) is 1.62. The quantitative estimate of drug-likeness (QED) is 0.477. The van der Waals surface area contributed by atoms with E-state index in [2.05, 4.69) is 6.08 Å². The van der Waals surface area contributed by atoms with E-state index in [0.717, 1.165) is 32.9 Å². The first-order valence-electron chi connectivity index (χ1n) is 9.12. The molecule has 0 bridgehead atoms. The predicted octanol–water partition coefficient (Wildman–Crippen LogP) is 5.82. The van der Waals surface area contributed by atoms with Gasteiger partial charge in [-0.25, -0.2) is 9.18 Å². The Balaban J connectivity index is 1.76. The molecule has 0 spiro atoms. The van der Waals surface area contributed by atoms with Crippen molar-refractivity contribution in [2.45, 2.75) is 11.8 Å². The minimum absolute atomic E-state index is 0.253. The Bertz CT molecular complexity index is 998. The first-order chi connectivity index (χ1) is 14.0. The Hall–Kier alpha value is -3.05. The van der Waals surface area contributed by atoms with Crippen LogP contribution in [0.4, 0.5) is 4.39 Å². The lowest BCUT2D eigenvalue weighted by Crippen LogP contribution is -2.09. The Labute approximate surface area is 173 Å². The minimum Gasteiger partial charge on any atom is -0.482 e. The first-order valence-corrected chi connectivity index (χ1v) is 10.1. The predicted molar refractivity (Wildman–Crippen MR) is 115 cm³/mol. The lowest BCUT2D eigenvalue weighted by Gasteiger charge is -2.10. The Morgan fingerprint density at radius 1 is 1.03 bits per heavy atom. The minimum atomic E-state index is -1.000. The van der Waals surface area contributed by atoms with Crippen molar-refractivity contribution < 1.29 is 19.0 Å². The number of rotatable bonds is 8. The highest BCUT2D eigenvalue weighted by atomic mass is 32.2. The van der Waals surface area contributed by atoms with Gasteiger partial charge in [0, 0.05) is 10.6 Å². The summed E-state index contributed by atoms with van der Waals surface area (Å²) in [7, 11) is 0. The van der Waals surface area contributed by atoms with Crippen molar-refractivity contribution in [2.75, 3.05) is 12.4 Å². The van der Waals surface area contributed by atoms with Crippen LogP contribution in [-0.2, 0) is 4.79 Å². The molecule has 0 atom stereocenters. The summed E-state index contributed by atoms with van der Waals surface area (Å²) < 4.78 is 18.6. The average molecular weight is 408 g/mol. The molecule has 0 fully saturated rings. The van der Waals surface area contributed by atoms with Crippen molar-refractivity contribution >= 4 is 23.3 Å². The van der Waals surface area contributed by atoms with Crippen LogP contribution in [0.5, 0.6) is 5.75 Å². The number of carbonyl (C=O) groups is 1. The van der Waals surface area contributed by atoms with Gasteiger partial charge >= 0.3 is 5.97 Å². The molecule has 0 unspecified atom stereocenters. The van der Waals surface area contributed by atoms with Crippen molar-refractivity contribution in [3.05, 3.63) is 101 Å². The number of halogens is 1. The van der Waals surface area contributed by atoms with Crippen LogP contribution in [0.3, 0.4) is 0 Å². The van der Waals surface area contributed by atoms with E-state index in [9.17, 15) is 9.18 Å². The van der Waals surface area contributed by atoms with Gasteiger partial charge in [-0.3, -0.25) is 0 Å². The van der Waals surface area contributed by atoms with Gasteiger partial charge < -0.3 is 9.84 Å². The standard InChI is InChI=1S/C24H21FO3S/c1-17-15-21(28-16-24(26)27)11-12-23(17)29-14-13-22(18-5-3-2-4-6-18)19-7-9-20(25)10-8-19/h2-13,15H,14,16H2,1H3,(H,26,27)/b22-13-. The third kappa shape index (κ3) is 5.96. The molecule has 0 saturated heterocycles. The van der Waals surface area contributed by atoms with E-state index in [0.29, 0.717) is 5.75 Å². The summed E-state index contributed by atoms with van der Waals surface area (Å²) in [6, 6.07) is 22.1. The van der Waals surface area contributed by atoms with Crippen molar-refractivity contribution in [3.8, 4) is 5.75 Å². The molecule has 148 valence electrons. The van der Waals surface area contributed by atoms with Crippen molar-refractivity contribution in [3.63, 3.8) is 0 Å². The highest BCUT2D eigenvalue weighted by molar-refractivity contribution is 7.99. The zero-order chi connectivity index (χ0) is 20.6. The summed E-state index contributed by atoms with van der Waals surface area (Å²) in [5, 5.41) is 8.71. The summed E-state index contributed by atoms with van der Waals surface area (Å²) in [5.41, 5.74) is 4.12. The van der Waals surface area contributed by atoms with E-state index in [4.69, 9.17) is 9.84 Å². The van der Waals surface area contributed by atoms with Crippen LogP contribution in [0.1, 0.15) is 16.7 Å². The molecule has 0 amide bonds. The van der Waals surface area contributed by atoms with Crippen LogP contribution in [0.2, 0.25) is 0 Å². The Morgan fingerprint density at radius 3 is 2.38 bits per heavy atom. The molecule has 3 rings (SSSR count). The number of carboxylic acid groups (broad SMARTS) is 1. The van der Waals surface area contributed by atoms with E-state index in [1.165, 1.54) is 12.1 Å². The highest BCUT2D eigenvalue weighted by Crippen LogP contribution is 2.29. The van der Waals surface area contributed by atoms with E-state index in [1.54, 1.807) is 30.0 Å². The largest absolute Gasteiger partial charge is 0.482 e. The highest BCUT2D eigenvalue weighted by Gasteiger charge is 2.07. The van der Waals surface area contributed by atoms with Crippen LogP contribution in [0.25, 0.3) is 5.57 Å². The van der Waals surface area contributed by atoms with Crippen LogP contribution in [0.15, 0.2) is 83.8 Å². The zero-order valence-electron chi connectivity index (χ0n) is 16.0. The molecule has 29 heavy (non-hydrogen) atoms. The SMILES string of the molecule is Cc1cc(OCC(=O)O)ccc1SC/C=C(/c1ccccc1)c1ccc(F)cc1. The first kappa shape index (κ1) is 20.7. The normalized spacial score (nSPS) is 11.3. The van der Waals surface area contributed by atoms with Crippen molar-refractivity contribution in [2.24, 2.45) is 0 Å². The molecule has 0 heterocycles. The number of aryl methyl sites for hydroxylation is 1. The van der Waals surface area contributed by atoms with E-state index in [1.807, 2.05) is 49.4 Å². The molecule has 0 aliphatic rings. The topological polar surface area (TPSA) is 46.5 Å². The monoisotopic (exact) mass is 408 g/mol. The summed E-state index contributed by atoms with van der Waals surface area (Å²) in [6.07, 6.45) is 2.14. The van der Waals surface area contributed by atoms with E-state index < -0.39 is 5.97 Å². The van der Waals surface area contributed by atoms with Gasteiger partial charge in [0.25, 0.3) is 0 Å². The number of benzene rings is 3. The van der Waals surface area contributed by atoms with Gasteiger partial charge in [-0.15, -0.1) is 11.8 Å². The fourth-order valence-corrected chi connectivity index (χ4v) is 3.76. The lowest BCUT2D eigenvalue weighted by atomic mass is 9.98. The maximum atomic E-state index is 13.3. The lowest BCUT2D eigenvalue weighted by molar-refractivity contribution is -0.139. The molecule has 1 N–H and O–H groups in total. The Morgan fingerprint density at radius 2 is 1.72 bits per heavy atom. The van der Waals surface area contributed by atoms with Gasteiger partial charge in [0.15, 0.2) is 6.61 Å². The third-order valence-electron chi connectivity index (χ3n) is 4.28. The van der Waals surface area contributed by atoms with Gasteiger partial charge in [-0.1, -0.05) is 48.5 Å². The van der Waals surface area contributed by atoms with Crippen LogP contribution in [0, 0.1) is 12.7 Å². The maximum absolute atomic E-state index is 13.3.